The molecule has 0 bridgehead atoms. The van der Waals surface area contributed by atoms with E-state index in [-0.39, 0.29) is 0 Å². The van der Waals surface area contributed by atoms with Crippen molar-refractivity contribution in [2.24, 2.45) is 0 Å². The van der Waals surface area contributed by atoms with E-state index in [1.165, 1.54) is 6.26 Å². The Hall–Kier alpha value is -1.18. The Morgan fingerprint density at radius 2 is 2.38 bits per heavy atom. The first-order valence-electron chi connectivity index (χ1n) is 2.29. The molecule has 0 aliphatic carbocycles. The summed E-state index contributed by atoms with van der Waals surface area (Å²) in [5.41, 5.74) is 0. The second kappa shape index (κ2) is 1.15. The molecule has 2 nitrogen and oxygen atoms in total. The molecule has 2 heterocycles. The molecule has 0 aromatic carbocycles. The maximum Gasteiger partial charge on any atom is 0.297 e. The van der Waals surface area contributed by atoms with Gasteiger partial charge in [-0.15, -0.1) is 0 Å². The van der Waals surface area contributed by atoms with E-state index in [0.29, 0.717) is 5.78 Å². The molecule has 0 fully saturated rings. The molecule has 0 saturated carbocycles. The van der Waals surface area contributed by atoms with Crippen LogP contribution in [-0.4, -0.2) is 0 Å². The molecule has 0 aliphatic heterocycles. The Bertz CT molecular complexity index is 228. The average molecular weight is 107 g/mol. The highest BCUT2D eigenvalue weighted by Crippen LogP contribution is 2.13. The van der Waals surface area contributed by atoms with E-state index in [1.54, 1.807) is 12.3 Å². The van der Waals surface area contributed by atoms with E-state index in [9.17, 15) is 0 Å². The maximum atomic E-state index is 4.86. The maximum absolute atomic E-state index is 4.86. The molecule has 8 heavy (non-hydrogen) atoms. The van der Waals surface area contributed by atoms with Crippen LogP contribution >= 0.6 is 0 Å². The molecule has 0 N–H and O–H groups in total. The van der Waals surface area contributed by atoms with Gasteiger partial charge in [0.2, 0.25) is 0 Å². The molecule has 39 valence electrons. The van der Waals surface area contributed by atoms with Crippen molar-refractivity contribution in [3.8, 4) is 0 Å². The van der Waals surface area contributed by atoms with E-state index in [4.69, 9.17) is 8.83 Å². The van der Waals surface area contributed by atoms with E-state index < -0.39 is 0 Å². The van der Waals surface area contributed by atoms with Gasteiger partial charge in [-0.1, -0.05) is 0 Å². The quantitative estimate of drug-likeness (QED) is 0.513. The van der Waals surface area contributed by atoms with Gasteiger partial charge in [-0.25, -0.2) is 0 Å². The largest absolute Gasteiger partial charge is 0.433 e. The van der Waals surface area contributed by atoms with Crippen molar-refractivity contribution in [3.05, 3.63) is 24.7 Å². The average Bonchev–Trinajstić information content (AvgIpc) is 2.15. The molecule has 2 aromatic heterocycles. The highest BCUT2D eigenvalue weighted by atomic mass is 16.5. The van der Waals surface area contributed by atoms with E-state index in [0.717, 1.165) is 5.39 Å². The second-order valence-electron chi connectivity index (χ2n) is 1.50. The number of hydrogen-bond donors (Lipinski definition) is 0. The molecule has 0 amide bonds. The first kappa shape index (κ1) is 3.78. The van der Waals surface area contributed by atoms with Crippen LogP contribution in [0.3, 0.4) is 0 Å². The molecule has 0 spiro atoms. The number of furan rings is 2. The lowest BCUT2D eigenvalue weighted by Crippen LogP contribution is -1.39. The summed E-state index contributed by atoms with van der Waals surface area (Å²) in [5, 5.41) is 0.894. The topological polar surface area (TPSA) is 26.3 Å². The van der Waals surface area contributed by atoms with Gasteiger partial charge in [0, 0.05) is 6.07 Å². The summed E-state index contributed by atoms with van der Waals surface area (Å²) in [6.07, 6.45) is 3.05. The molecule has 2 heteroatoms. The molecule has 0 unspecified atom stereocenters. The van der Waals surface area contributed by atoms with Gasteiger partial charge >= 0.3 is 0 Å². The third-order valence-corrected chi connectivity index (χ3v) is 1.01. The van der Waals surface area contributed by atoms with Gasteiger partial charge in [0.05, 0.1) is 11.6 Å². The molecule has 2 rings (SSSR count). The highest BCUT2D eigenvalue weighted by molar-refractivity contribution is 5.70. The van der Waals surface area contributed by atoms with Gasteiger partial charge in [-0.3, -0.25) is 0 Å². The smallest absolute Gasteiger partial charge is 0.297 e. The summed E-state index contributed by atoms with van der Waals surface area (Å²) in [4.78, 5) is 0. The van der Waals surface area contributed by atoms with Crippen molar-refractivity contribution >= 4 is 11.2 Å². The van der Waals surface area contributed by atoms with Crippen molar-refractivity contribution in [2.45, 2.75) is 0 Å². The van der Waals surface area contributed by atoms with Crippen LogP contribution in [0.2, 0.25) is 0 Å². The minimum Gasteiger partial charge on any atom is -0.433 e. The lowest BCUT2D eigenvalue weighted by molar-refractivity contribution is 0.477. The van der Waals surface area contributed by atoms with Gasteiger partial charge in [-0.05, 0) is 6.07 Å². The first-order valence-corrected chi connectivity index (χ1v) is 2.29. The highest BCUT2D eigenvalue weighted by Gasteiger charge is 1.95. The van der Waals surface area contributed by atoms with Crippen LogP contribution in [0.15, 0.2) is 27.4 Å². The van der Waals surface area contributed by atoms with Crippen LogP contribution in [0.25, 0.3) is 11.2 Å². The van der Waals surface area contributed by atoms with Gasteiger partial charge in [0.1, 0.15) is 6.26 Å². The van der Waals surface area contributed by atoms with E-state index in [2.05, 4.69) is 6.07 Å². The van der Waals surface area contributed by atoms with Crippen LogP contribution in [0.5, 0.6) is 0 Å². The number of rotatable bonds is 0. The molecular weight excluding hydrogens is 104 g/mol. The van der Waals surface area contributed by atoms with Crippen LogP contribution < -0.4 is 0 Å². The van der Waals surface area contributed by atoms with Gasteiger partial charge < -0.3 is 8.83 Å². The molecule has 0 saturated heterocycles. The van der Waals surface area contributed by atoms with Crippen LogP contribution in [0.4, 0.5) is 0 Å². The zero-order valence-electron chi connectivity index (χ0n) is 4.05. The Morgan fingerprint density at radius 3 is 3.25 bits per heavy atom. The van der Waals surface area contributed by atoms with Crippen molar-refractivity contribution < 1.29 is 8.83 Å². The fourth-order valence-electron chi connectivity index (χ4n) is 0.640. The summed E-state index contributed by atoms with van der Waals surface area (Å²) in [6.45, 7) is 0. The monoisotopic (exact) mass is 107 g/mol. The zero-order valence-corrected chi connectivity index (χ0v) is 4.05. The van der Waals surface area contributed by atoms with Crippen LogP contribution in [-0.2, 0) is 0 Å². The SMILES string of the molecule is [c]1coc2occc12. The number of fused-ring (bicyclic) bond motifs is 1. The molecular formula is C6H3O2. The first-order chi connectivity index (χ1) is 3.97. The van der Waals surface area contributed by atoms with Crippen molar-refractivity contribution in [1.29, 1.82) is 0 Å². The normalized spacial score (nSPS) is 10.5. The Labute approximate surface area is 45.7 Å². The summed E-state index contributed by atoms with van der Waals surface area (Å²) < 4.78 is 9.70. The third kappa shape index (κ3) is 0.320. The minimum atomic E-state index is 0.546. The Balaban J connectivity index is 3.06. The molecule has 2 aromatic rings. The Kier molecular flexibility index (Phi) is 0.545. The van der Waals surface area contributed by atoms with E-state index >= 15 is 0 Å². The molecule has 0 aliphatic rings. The number of hydrogen-bond acceptors (Lipinski definition) is 2. The van der Waals surface area contributed by atoms with Crippen LogP contribution in [0, 0.1) is 6.07 Å². The predicted octanol–water partition coefficient (Wildman–Crippen LogP) is 1.83. The summed E-state index contributed by atoms with van der Waals surface area (Å²) in [7, 11) is 0. The van der Waals surface area contributed by atoms with E-state index in [1.807, 2.05) is 0 Å². The van der Waals surface area contributed by atoms with Gasteiger partial charge in [0.25, 0.3) is 5.78 Å². The summed E-state index contributed by atoms with van der Waals surface area (Å²) >= 11 is 0. The minimum absolute atomic E-state index is 0.546. The lowest BCUT2D eigenvalue weighted by atomic mass is 10.4. The van der Waals surface area contributed by atoms with Crippen molar-refractivity contribution in [2.75, 3.05) is 0 Å². The standard InChI is InChI=1S/C6H3O2/c1-3-7-6-5(1)2-4-8-6/h1,3-4H. The predicted molar refractivity (Wildman–Crippen MR) is 27.3 cm³/mol. The zero-order chi connectivity index (χ0) is 5.40. The second-order valence-corrected chi connectivity index (χ2v) is 1.50. The van der Waals surface area contributed by atoms with Crippen molar-refractivity contribution in [1.82, 2.24) is 0 Å². The Morgan fingerprint density at radius 1 is 1.38 bits per heavy atom. The summed E-state index contributed by atoms with van der Waals surface area (Å²) in [5.74, 6) is 0.546. The molecule has 1 radical (unpaired) electrons. The van der Waals surface area contributed by atoms with Gasteiger partial charge in [0.15, 0.2) is 0 Å². The molecule has 0 atom stereocenters. The lowest BCUT2D eigenvalue weighted by Gasteiger charge is -1.66. The van der Waals surface area contributed by atoms with Crippen LogP contribution in [0.1, 0.15) is 0 Å². The fraction of sp³-hybridized carbons (Fsp3) is 0. The third-order valence-electron chi connectivity index (χ3n) is 1.01. The summed E-state index contributed by atoms with van der Waals surface area (Å²) in [6, 6.07) is 4.64. The fourth-order valence-corrected chi connectivity index (χ4v) is 0.640. The van der Waals surface area contributed by atoms with Gasteiger partial charge in [-0.2, -0.15) is 0 Å². The van der Waals surface area contributed by atoms with Crippen molar-refractivity contribution in [3.63, 3.8) is 0 Å².